The number of amides is 1. The maximum Gasteiger partial charge on any atom is 0.251 e. The molecule has 2 N–H and O–H groups in total. The molecule has 24 heavy (non-hydrogen) atoms. The Morgan fingerprint density at radius 3 is 2.46 bits per heavy atom. The number of aliphatic hydroxyl groups is 1. The molecule has 128 valence electrons. The summed E-state index contributed by atoms with van der Waals surface area (Å²) in [5.74, 6) is 1.33. The second-order valence-corrected chi connectivity index (χ2v) is 5.96. The number of methoxy groups -OCH3 is 2. The third kappa shape index (κ3) is 3.23. The van der Waals surface area contributed by atoms with E-state index in [9.17, 15) is 9.90 Å². The van der Waals surface area contributed by atoms with Crippen molar-refractivity contribution in [1.82, 2.24) is 5.32 Å². The highest BCUT2D eigenvalue weighted by Gasteiger charge is 2.47. The van der Waals surface area contributed by atoms with Crippen molar-refractivity contribution in [2.24, 2.45) is 5.92 Å². The van der Waals surface area contributed by atoms with Gasteiger partial charge < -0.3 is 24.3 Å². The molecule has 1 aliphatic rings. The minimum absolute atomic E-state index is 0.0868. The van der Waals surface area contributed by atoms with Crippen LogP contribution in [0.3, 0.4) is 0 Å². The van der Waals surface area contributed by atoms with Crippen LogP contribution < -0.4 is 14.8 Å². The molecule has 2 aromatic rings. The SMILES string of the molecule is COc1cc(OC)cc(C(=O)NCC(O)(c2ccco2)C2CC2)c1. The standard InChI is InChI=1S/C18H21NO5/c1-22-14-8-12(9-15(10-14)23-2)17(20)19-11-18(21,13-5-6-13)16-4-3-7-24-16/h3-4,7-10,13,21H,5-6,11H2,1-2H3,(H,19,20). The van der Waals surface area contributed by atoms with Crippen molar-refractivity contribution >= 4 is 5.91 Å². The molecule has 0 aliphatic heterocycles. The molecule has 1 aliphatic carbocycles. The second-order valence-electron chi connectivity index (χ2n) is 5.96. The summed E-state index contributed by atoms with van der Waals surface area (Å²) >= 11 is 0. The molecule has 0 bridgehead atoms. The number of nitrogens with one attached hydrogen (secondary N) is 1. The minimum Gasteiger partial charge on any atom is -0.497 e. The number of hydrogen-bond acceptors (Lipinski definition) is 5. The van der Waals surface area contributed by atoms with Crippen LogP contribution >= 0.6 is 0 Å². The van der Waals surface area contributed by atoms with Gasteiger partial charge in [-0.2, -0.15) is 0 Å². The van der Waals surface area contributed by atoms with Gasteiger partial charge in [0.05, 0.1) is 27.0 Å². The molecule has 6 nitrogen and oxygen atoms in total. The molecule has 1 aromatic heterocycles. The Hall–Kier alpha value is -2.47. The van der Waals surface area contributed by atoms with Crippen LogP contribution in [0.2, 0.25) is 0 Å². The van der Waals surface area contributed by atoms with E-state index < -0.39 is 5.60 Å². The fourth-order valence-corrected chi connectivity index (χ4v) is 2.77. The number of carbonyl (C=O) groups is 1. The lowest BCUT2D eigenvalue weighted by molar-refractivity contribution is -0.00611. The predicted octanol–water partition coefficient (Wildman–Crippen LogP) is 2.32. The highest BCUT2D eigenvalue weighted by Crippen LogP contribution is 2.45. The Kier molecular flexibility index (Phi) is 4.49. The molecular weight excluding hydrogens is 310 g/mol. The minimum atomic E-state index is -1.18. The molecule has 0 radical (unpaired) electrons. The average molecular weight is 331 g/mol. The summed E-state index contributed by atoms with van der Waals surface area (Å²) < 4.78 is 15.7. The van der Waals surface area contributed by atoms with Gasteiger partial charge in [0.1, 0.15) is 22.9 Å². The molecule has 1 aromatic carbocycles. The van der Waals surface area contributed by atoms with Crippen molar-refractivity contribution in [2.75, 3.05) is 20.8 Å². The van der Waals surface area contributed by atoms with Crippen LogP contribution in [0.5, 0.6) is 11.5 Å². The number of hydrogen-bond donors (Lipinski definition) is 2. The molecule has 1 atom stereocenters. The van der Waals surface area contributed by atoms with Gasteiger partial charge in [-0.05, 0) is 43.0 Å². The van der Waals surface area contributed by atoms with Gasteiger partial charge in [0.25, 0.3) is 5.91 Å². The van der Waals surface area contributed by atoms with Gasteiger partial charge >= 0.3 is 0 Å². The van der Waals surface area contributed by atoms with Gasteiger partial charge in [-0.3, -0.25) is 4.79 Å². The summed E-state index contributed by atoms with van der Waals surface area (Å²) in [7, 11) is 3.05. The van der Waals surface area contributed by atoms with Crippen molar-refractivity contribution in [3.8, 4) is 11.5 Å². The van der Waals surface area contributed by atoms with E-state index >= 15 is 0 Å². The van der Waals surface area contributed by atoms with Gasteiger partial charge in [0, 0.05) is 11.6 Å². The number of furan rings is 1. The Balaban J connectivity index is 1.75. The third-order valence-electron chi connectivity index (χ3n) is 4.33. The van der Waals surface area contributed by atoms with E-state index in [0.29, 0.717) is 22.8 Å². The third-order valence-corrected chi connectivity index (χ3v) is 4.33. The largest absolute Gasteiger partial charge is 0.497 e. The number of rotatable bonds is 7. The second kappa shape index (κ2) is 6.57. The zero-order valence-electron chi connectivity index (χ0n) is 13.7. The maximum atomic E-state index is 12.5. The van der Waals surface area contributed by atoms with Gasteiger partial charge in [-0.25, -0.2) is 0 Å². The lowest BCUT2D eigenvalue weighted by Crippen LogP contribution is -2.42. The van der Waals surface area contributed by atoms with E-state index in [0.717, 1.165) is 12.8 Å². The molecule has 0 saturated heterocycles. The first-order valence-corrected chi connectivity index (χ1v) is 7.84. The van der Waals surface area contributed by atoms with E-state index in [-0.39, 0.29) is 18.4 Å². The fourth-order valence-electron chi connectivity index (χ4n) is 2.77. The summed E-state index contributed by atoms with van der Waals surface area (Å²) in [6.07, 6.45) is 3.36. The van der Waals surface area contributed by atoms with E-state index in [1.165, 1.54) is 20.5 Å². The van der Waals surface area contributed by atoms with Gasteiger partial charge in [0.15, 0.2) is 0 Å². The highest BCUT2D eigenvalue weighted by atomic mass is 16.5. The monoisotopic (exact) mass is 331 g/mol. The van der Waals surface area contributed by atoms with Crippen molar-refractivity contribution in [3.63, 3.8) is 0 Å². The first-order valence-electron chi connectivity index (χ1n) is 7.84. The molecule has 1 heterocycles. The summed E-state index contributed by atoms with van der Waals surface area (Å²) in [4.78, 5) is 12.5. The predicted molar refractivity (Wildman–Crippen MR) is 87.2 cm³/mol. The molecule has 1 unspecified atom stereocenters. The van der Waals surface area contributed by atoms with E-state index in [1.807, 2.05) is 0 Å². The number of ether oxygens (including phenoxy) is 2. The van der Waals surface area contributed by atoms with Crippen LogP contribution in [0.25, 0.3) is 0 Å². The normalized spacial score (nSPS) is 16.3. The molecule has 0 spiro atoms. The molecule has 6 heteroatoms. The van der Waals surface area contributed by atoms with Crippen molar-refractivity contribution in [3.05, 3.63) is 47.9 Å². The van der Waals surface area contributed by atoms with E-state index in [1.54, 1.807) is 30.3 Å². The average Bonchev–Trinajstić information content (AvgIpc) is 3.33. The summed E-state index contributed by atoms with van der Waals surface area (Å²) in [5, 5.41) is 13.7. The van der Waals surface area contributed by atoms with Crippen LogP contribution in [0, 0.1) is 5.92 Å². The zero-order valence-corrected chi connectivity index (χ0v) is 13.7. The van der Waals surface area contributed by atoms with Gasteiger partial charge in [-0.15, -0.1) is 0 Å². The Bertz CT molecular complexity index is 686. The molecular formula is C18H21NO5. The lowest BCUT2D eigenvalue weighted by atomic mass is 9.94. The van der Waals surface area contributed by atoms with Crippen LogP contribution in [0.4, 0.5) is 0 Å². The topological polar surface area (TPSA) is 80.9 Å². The maximum absolute atomic E-state index is 12.5. The summed E-state index contributed by atoms with van der Waals surface area (Å²) in [5.41, 5.74) is -0.772. The molecule has 1 fully saturated rings. The highest BCUT2D eigenvalue weighted by molar-refractivity contribution is 5.95. The quantitative estimate of drug-likeness (QED) is 0.814. The van der Waals surface area contributed by atoms with E-state index in [2.05, 4.69) is 5.32 Å². The van der Waals surface area contributed by atoms with Crippen LogP contribution in [0.1, 0.15) is 29.0 Å². The Morgan fingerprint density at radius 2 is 1.96 bits per heavy atom. The van der Waals surface area contributed by atoms with Crippen LogP contribution in [-0.2, 0) is 5.60 Å². The first kappa shape index (κ1) is 16.4. The Labute approximate surface area is 140 Å². The molecule has 1 saturated carbocycles. The smallest absolute Gasteiger partial charge is 0.251 e. The van der Waals surface area contributed by atoms with Gasteiger partial charge in [-0.1, -0.05) is 0 Å². The van der Waals surface area contributed by atoms with Crippen molar-refractivity contribution in [2.45, 2.75) is 18.4 Å². The lowest BCUT2D eigenvalue weighted by Gasteiger charge is -2.26. The number of carbonyl (C=O) groups excluding carboxylic acids is 1. The molecule has 3 rings (SSSR count). The Morgan fingerprint density at radius 1 is 1.29 bits per heavy atom. The van der Waals surface area contributed by atoms with Crippen LogP contribution in [0.15, 0.2) is 41.0 Å². The fraction of sp³-hybridized carbons (Fsp3) is 0.389. The molecule has 1 amide bonds. The number of benzene rings is 1. The van der Waals surface area contributed by atoms with Gasteiger partial charge in [0.2, 0.25) is 0 Å². The summed E-state index contributed by atoms with van der Waals surface area (Å²) in [6.45, 7) is 0.0868. The first-order chi connectivity index (χ1) is 11.6. The summed E-state index contributed by atoms with van der Waals surface area (Å²) in [6, 6.07) is 8.42. The van der Waals surface area contributed by atoms with E-state index in [4.69, 9.17) is 13.9 Å². The van der Waals surface area contributed by atoms with Crippen LogP contribution in [-0.4, -0.2) is 31.8 Å². The zero-order chi connectivity index (χ0) is 17.2. The van der Waals surface area contributed by atoms with Crippen molar-refractivity contribution in [1.29, 1.82) is 0 Å². The van der Waals surface area contributed by atoms with Crippen molar-refractivity contribution < 1.29 is 23.8 Å².